The van der Waals surface area contributed by atoms with Gasteiger partial charge in [0.05, 0.1) is 12.5 Å². The molecule has 0 saturated heterocycles. The lowest BCUT2D eigenvalue weighted by atomic mass is 10.0. The molecular formula is C18H21NO. The number of amides is 1. The zero-order valence-corrected chi connectivity index (χ0v) is 12.3. The van der Waals surface area contributed by atoms with Crippen molar-refractivity contribution >= 4 is 5.91 Å². The van der Waals surface area contributed by atoms with Gasteiger partial charge in [0.2, 0.25) is 5.91 Å². The van der Waals surface area contributed by atoms with Crippen molar-refractivity contribution in [1.29, 1.82) is 0 Å². The van der Waals surface area contributed by atoms with Crippen LogP contribution in [0, 0.1) is 13.8 Å². The van der Waals surface area contributed by atoms with Crippen LogP contribution < -0.4 is 5.32 Å². The Balaban J connectivity index is 2.01. The molecule has 0 aliphatic heterocycles. The first-order chi connectivity index (χ1) is 9.56. The van der Waals surface area contributed by atoms with E-state index in [1.165, 1.54) is 5.56 Å². The molecule has 0 unspecified atom stereocenters. The Morgan fingerprint density at radius 2 is 1.80 bits per heavy atom. The molecule has 2 heteroatoms. The number of hydrogen-bond acceptors (Lipinski definition) is 1. The topological polar surface area (TPSA) is 29.1 Å². The molecule has 0 spiro atoms. The number of nitrogens with one attached hydrogen (secondary N) is 1. The summed E-state index contributed by atoms with van der Waals surface area (Å²) in [7, 11) is 0. The molecule has 0 bridgehead atoms. The smallest absolute Gasteiger partial charge is 0.224 e. The van der Waals surface area contributed by atoms with E-state index in [1.807, 2.05) is 51.1 Å². The average molecular weight is 267 g/mol. The maximum atomic E-state index is 12.1. The van der Waals surface area contributed by atoms with Crippen molar-refractivity contribution in [2.24, 2.45) is 0 Å². The second-order valence-electron chi connectivity index (χ2n) is 5.31. The van der Waals surface area contributed by atoms with Gasteiger partial charge in [-0.1, -0.05) is 54.1 Å². The molecule has 0 aliphatic rings. The second-order valence-corrected chi connectivity index (χ2v) is 5.31. The zero-order chi connectivity index (χ0) is 14.5. The van der Waals surface area contributed by atoms with E-state index in [0.29, 0.717) is 6.42 Å². The predicted molar refractivity (Wildman–Crippen MR) is 82.6 cm³/mol. The number of rotatable bonds is 4. The maximum Gasteiger partial charge on any atom is 0.224 e. The fourth-order valence-electron chi connectivity index (χ4n) is 2.28. The van der Waals surface area contributed by atoms with Crippen molar-refractivity contribution in [3.8, 4) is 0 Å². The van der Waals surface area contributed by atoms with Gasteiger partial charge in [-0.15, -0.1) is 0 Å². The molecule has 104 valence electrons. The minimum Gasteiger partial charge on any atom is -0.349 e. The third kappa shape index (κ3) is 3.70. The summed E-state index contributed by atoms with van der Waals surface area (Å²) in [6, 6.07) is 16.3. The fourth-order valence-corrected chi connectivity index (χ4v) is 2.28. The number of carbonyl (C=O) groups is 1. The van der Waals surface area contributed by atoms with Gasteiger partial charge >= 0.3 is 0 Å². The van der Waals surface area contributed by atoms with Crippen molar-refractivity contribution in [2.75, 3.05) is 0 Å². The Hall–Kier alpha value is -2.09. The SMILES string of the molecule is Cc1ccc(C)c(CC(=O)N[C@@H](C)c2ccccc2)c1. The summed E-state index contributed by atoms with van der Waals surface area (Å²) in [4.78, 5) is 12.1. The van der Waals surface area contributed by atoms with Crippen molar-refractivity contribution in [3.05, 3.63) is 70.8 Å². The van der Waals surface area contributed by atoms with Crippen LogP contribution in [0.15, 0.2) is 48.5 Å². The molecule has 0 aromatic heterocycles. The Bertz CT molecular complexity index is 590. The summed E-state index contributed by atoms with van der Waals surface area (Å²) in [6.07, 6.45) is 0.435. The molecule has 2 aromatic rings. The predicted octanol–water partition coefficient (Wildman–Crippen LogP) is 3.72. The van der Waals surface area contributed by atoms with Gasteiger partial charge in [0.15, 0.2) is 0 Å². The van der Waals surface area contributed by atoms with E-state index in [1.54, 1.807) is 0 Å². The van der Waals surface area contributed by atoms with Gasteiger partial charge in [-0.25, -0.2) is 0 Å². The standard InChI is InChI=1S/C18H21NO/c1-13-9-10-14(2)17(11-13)12-18(20)19-15(3)16-7-5-4-6-8-16/h4-11,15H,12H2,1-3H3,(H,19,20)/t15-/m0/s1. The van der Waals surface area contributed by atoms with E-state index in [9.17, 15) is 4.79 Å². The number of hydrogen-bond donors (Lipinski definition) is 1. The lowest BCUT2D eigenvalue weighted by Gasteiger charge is -2.15. The van der Waals surface area contributed by atoms with Gasteiger partial charge in [0, 0.05) is 0 Å². The highest BCUT2D eigenvalue weighted by molar-refractivity contribution is 5.79. The summed E-state index contributed by atoms with van der Waals surface area (Å²) in [6.45, 7) is 6.10. The second kappa shape index (κ2) is 6.38. The molecule has 1 atom stereocenters. The van der Waals surface area contributed by atoms with E-state index in [0.717, 1.165) is 16.7 Å². The molecule has 0 heterocycles. The highest BCUT2D eigenvalue weighted by Gasteiger charge is 2.11. The van der Waals surface area contributed by atoms with Crippen LogP contribution in [-0.4, -0.2) is 5.91 Å². The third-order valence-electron chi connectivity index (χ3n) is 3.53. The van der Waals surface area contributed by atoms with Gasteiger partial charge in [0.25, 0.3) is 0 Å². The van der Waals surface area contributed by atoms with Crippen LogP contribution in [-0.2, 0) is 11.2 Å². The van der Waals surface area contributed by atoms with Gasteiger partial charge in [-0.2, -0.15) is 0 Å². The van der Waals surface area contributed by atoms with Crippen LogP contribution in [0.1, 0.15) is 35.2 Å². The van der Waals surface area contributed by atoms with Crippen molar-refractivity contribution < 1.29 is 4.79 Å². The molecule has 2 nitrogen and oxygen atoms in total. The van der Waals surface area contributed by atoms with E-state index >= 15 is 0 Å². The summed E-state index contributed by atoms with van der Waals surface area (Å²) < 4.78 is 0. The first kappa shape index (κ1) is 14.3. The quantitative estimate of drug-likeness (QED) is 0.898. The van der Waals surface area contributed by atoms with E-state index in [2.05, 4.69) is 23.5 Å². The maximum absolute atomic E-state index is 12.1. The molecule has 2 aromatic carbocycles. The third-order valence-corrected chi connectivity index (χ3v) is 3.53. The highest BCUT2D eigenvalue weighted by atomic mass is 16.1. The summed E-state index contributed by atoms with van der Waals surface area (Å²) in [5, 5.41) is 3.05. The fraction of sp³-hybridized carbons (Fsp3) is 0.278. The van der Waals surface area contributed by atoms with Gasteiger partial charge in [-0.3, -0.25) is 4.79 Å². The molecule has 0 aliphatic carbocycles. The molecular weight excluding hydrogens is 246 g/mol. The van der Waals surface area contributed by atoms with Crippen LogP contribution in [0.4, 0.5) is 0 Å². The zero-order valence-electron chi connectivity index (χ0n) is 12.3. The van der Waals surface area contributed by atoms with Crippen molar-refractivity contribution in [1.82, 2.24) is 5.32 Å². The molecule has 0 fully saturated rings. The monoisotopic (exact) mass is 267 g/mol. The summed E-state index contributed by atoms with van der Waals surface area (Å²) in [5.41, 5.74) is 4.58. The van der Waals surface area contributed by atoms with Crippen LogP contribution in [0.2, 0.25) is 0 Å². The van der Waals surface area contributed by atoms with E-state index < -0.39 is 0 Å². The lowest BCUT2D eigenvalue weighted by molar-refractivity contribution is -0.121. The van der Waals surface area contributed by atoms with Crippen LogP contribution in [0.25, 0.3) is 0 Å². The Morgan fingerprint density at radius 3 is 2.50 bits per heavy atom. The first-order valence-electron chi connectivity index (χ1n) is 6.96. The van der Waals surface area contributed by atoms with E-state index in [4.69, 9.17) is 0 Å². The highest BCUT2D eigenvalue weighted by Crippen LogP contribution is 2.14. The molecule has 2 rings (SSSR count). The largest absolute Gasteiger partial charge is 0.349 e. The van der Waals surface area contributed by atoms with Gasteiger partial charge < -0.3 is 5.32 Å². The average Bonchev–Trinajstić information content (AvgIpc) is 2.43. The van der Waals surface area contributed by atoms with Gasteiger partial charge in [-0.05, 0) is 37.5 Å². The van der Waals surface area contributed by atoms with Crippen molar-refractivity contribution in [2.45, 2.75) is 33.2 Å². The molecule has 0 saturated carbocycles. The molecule has 1 N–H and O–H groups in total. The van der Waals surface area contributed by atoms with E-state index in [-0.39, 0.29) is 11.9 Å². The normalized spacial score (nSPS) is 11.9. The number of aryl methyl sites for hydroxylation is 2. The molecule has 20 heavy (non-hydrogen) atoms. The number of carbonyl (C=O) groups excluding carboxylic acids is 1. The Morgan fingerprint density at radius 1 is 1.10 bits per heavy atom. The summed E-state index contributed by atoms with van der Waals surface area (Å²) >= 11 is 0. The Kier molecular flexibility index (Phi) is 4.57. The van der Waals surface area contributed by atoms with Crippen LogP contribution in [0.5, 0.6) is 0 Å². The minimum absolute atomic E-state index is 0.0359. The van der Waals surface area contributed by atoms with Crippen molar-refractivity contribution in [3.63, 3.8) is 0 Å². The summed E-state index contributed by atoms with van der Waals surface area (Å²) in [5.74, 6) is 0.0649. The van der Waals surface area contributed by atoms with Gasteiger partial charge in [0.1, 0.15) is 0 Å². The minimum atomic E-state index is 0.0359. The van der Waals surface area contributed by atoms with Crippen LogP contribution >= 0.6 is 0 Å². The molecule has 0 radical (unpaired) electrons. The lowest BCUT2D eigenvalue weighted by Crippen LogP contribution is -2.28. The van der Waals surface area contributed by atoms with Crippen LogP contribution in [0.3, 0.4) is 0 Å². The Labute approximate surface area is 120 Å². The molecule has 1 amide bonds. The first-order valence-corrected chi connectivity index (χ1v) is 6.96. The number of benzene rings is 2.